The number of hydrogen-bond donors (Lipinski definition) is 1. The Kier molecular flexibility index (Phi) is 2.46. The molecule has 0 spiro atoms. The number of nitrogens with two attached hydrogens (primary N) is 1. The Morgan fingerprint density at radius 2 is 1.71 bits per heavy atom. The highest BCUT2D eigenvalue weighted by Gasteiger charge is 2.02. The summed E-state index contributed by atoms with van der Waals surface area (Å²) in [4.78, 5) is 0. The fourth-order valence-electron chi connectivity index (χ4n) is 1.71. The van der Waals surface area contributed by atoms with Crippen molar-refractivity contribution in [3.8, 4) is 0 Å². The van der Waals surface area contributed by atoms with Gasteiger partial charge in [-0.15, -0.1) is 0 Å². The summed E-state index contributed by atoms with van der Waals surface area (Å²) in [6, 6.07) is 10.8. The van der Waals surface area contributed by atoms with Crippen molar-refractivity contribution in [1.82, 2.24) is 0 Å². The molecule has 0 bridgehead atoms. The summed E-state index contributed by atoms with van der Waals surface area (Å²) in [6.45, 7) is 0.593. The number of rotatable bonds is 2. The van der Waals surface area contributed by atoms with Crippen molar-refractivity contribution in [2.75, 3.05) is 6.54 Å². The molecule has 0 saturated carbocycles. The molecule has 2 N–H and O–H groups in total. The Balaban J connectivity index is 2.68. The van der Waals surface area contributed by atoms with Crippen LogP contribution in [-0.4, -0.2) is 6.54 Å². The first-order chi connectivity index (χ1) is 6.83. The molecular weight excluding hydrogens is 177 g/mol. The highest BCUT2D eigenvalue weighted by atomic mass is 19.1. The second kappa shape index (κ2) is 3.76. The number of fused-ring (bicyclic) bond motifs is 1. The van der Waals surface area contributed by atoms with Gasteiger partial charge >= 0.3 is 0 Å². The largest absolute Gasteiger partial charge is 0.330 e. The molecule has 0 atom stereocenters. The molecule has 0 radical (unpaired) electrons. The Labute approximate surface area is 82.3 Å². The number of hydrogen-bond acceptors (Lipinski definition) is 1. The van der Waals surface area contributed by atoms with E-state index in [0.29, 0.717) is 11.9 Å². The maximum Gasteiger partial charge on any atom is 0.131 e. The molecule has 0 amide bonds. The molecule has 1 nitrogen and oxygen atoms in total. The molecule has 2 aromatic carbocycles. The molecule has 0 fully saturated rings. The van der Waals surface area contributed by atoms with Gasteiger partial charge in [-0.05, 0) is 30.0 Å². The van der Waals surface area contributed by atoms with Gasteiger partial charge in [0.25, 0.3) is 0 Å². The van der Waals surface area contributed by atoms with Gasteiger partial charge in [0, 0.05) is 5.39 Å². The average molecular weight is 189 g/mol. The van der Waals surface area contributed by atoms with Crippen molar-refractivity contribution in [2.45, 2.75) is 6.42 Å². The molecular formula is C12H12FN. The minimum Gasteiger partial charge on any atom is -0.330 e. The second-order valence-electron chi connectivity index (χ2n) is 3.29. The van der Waals surface area contributed by atoms with Crippen LogP contribution in [0.4, 0.5) is 4.39 Å². The molecule has 72 valence electrons. The topological polar surface area (TPSA) is 26.0 Å². The van der Waals surface area contributed by atoms with Gasteiger partial charge in [-0.25, -0.2) is 4.39 Å². The van der Waals surface area contributed by atoms with Crippen LogP contribution in [0.1, 0.15) is 5.56 Å². The second-order valence-corrected chi connectivity index (χ2v) is 3.29. The van der Waals surface area contributed by atoms with Gasteiger partial charge in [-0.1, -0.05) is 30.3 Å². The van der Waals surface area contributed by atoms with Crippen molar-refractivity contribution in [2.24, 2.45) is 5.73 Å². The fraction of sp³-hybridized carbons (Fsp3) is 0.167. The van der Waals surface area contributed by atoms with Gasteiger partial charge in [-0.2, -0.15) is 0 Å². The Morgan fingerprint density at radius 3 is 2.50 bits per heavy atom. The SMILES string of the molecule is NCCc1cccc2c(F)cccc12. The van der Waals surface area contributed by atoms with E-state index in [1.807, 2.05) is 18.2 Å². The Hall–Kier alpha value is -1.41. The first-order valence-electron chi connectivity index (χ1n) is 4.69. The number of benzene rings is 2. The van der Waals surface area contributed by atoms with Gasteiger partial charge in [0.15, 0.2) is 0 Å². The van der Waals surface area contributed by atoms with E-state index in [9.17, 15) is 4.39 Å². The lowest BCUT2D eigenvalue weighted by Crippen LogP contribution is -2.03. The van der Waals surface area contributed by atoms with Crippen molar-refractivity contribution in [3.63, 3.8) is 0 Å². The van der Waals surface area contributed by atoms with Crippen molar-refractivity contribution >= 4 is 10.8 Å². The summed E-state index contributed by atoms with van der Waals surface area (Å²) in [5.41, 5.74) is 6.61. The van der Waals surface area contributed by atoms with E-state index in [2.05, 4.69) is 0 Å². The van der Waals surface area contributed by atoms with Crippen LogP contribution in [0, 0.1) is 5.82 Å². The van der Waals surface area contributed by atoms with Crippen LogP contribution < -0.4 is 5.73 Å². The minimum atomic E-state index is -0.165. The first kappa shape index (κ1) is 9.16. The average Bonchev–Trinajstić information content (AvgIpc) is 2.20. The van der Waals surface area contributed by atoms with Crippen molar-refractivity contribution in [3.05, 3.63) is 47.8 Å². The van der Waals surface area contributed by atoms with Gasteiger partial charge in [-0.3, -0.25) is 0 Å². The molecule has 2 aromatic rings. The third kappa shape index (κ3) is 1.49. The predicted molar refractivity (Wildman–Crippen MR) is 56.7 cm³/mol. The molecule has 14 heavy (non-hydrogen) atoms. The Morgan fingerprint density at radius 1 is 1.00 bits per heavy atom. The van der Waals surface area contributed by atoms with Gasteiger partial charge in [0.05, 0.1) is 0 Å². The third-order valence-corrected chi connectivity index (χ3v) is 2.37. The molecule has 0 saturated heterocycles. The molecule has 0 aromatic heterocycles. The highest BCUT2D eigenvalue weighted by Crippen LogP contribution is 2.21. The maximum absolute atomic E-state index is 13.4. The van der Waals surface area contributed by atoms with E-state index < -0.39 is 0 Å². The highest BCUT2D eigenvalue weighted by molar-refractivity contribution is 5.86. The zero-order chi connectivity index (χ0) is 9.97. The Bertz CT molecular complexity index is 451. The normalized spacial score (nSPS) is 10.7. The van der Waals surface area contributed by atoms with E-state index >= 15 is 0 Å². The summed E-state index contributed by atoms with van der Waals surface area (Å²) in [5.74, 6) is -0.165. The van der Waals surface area contributed by atoms with Crippen LogP contribution >= 0.6 is 0 Å². The summed E-state index contributed by atoms with van der Waals surface area (Å²) in [6.07, 6.45) is 0.792. The van der Waals surface area contributed by atoms with Gasteiger partial charge < -0.3 is 5.73 Å². The number of halogens is 1. The minimum absolute atomic E-state index is 0.165. The monoisotopic (exact) mass is 189 g/mol. The van der Waals surface area contributed by atoms with Crippen molar-refractivity contribution < 1.29 is 4.39 Å². The van der Waals surface area contributed by atoms with E-state index in [4.69, 9.17) is 5.73 Å². The first-order valence-corrected chi connectivity index (χ1v) is 4.69. The van der Waals surface area contributed by atoms with E-state index in [0.717, 1.165) is 17.4 Å². The fourth-order valence-corrected chi connectivity index (χ4v) is 1.71. The standard InChI is InChI=1S/C12H12FN/c13-12-6-2-4-10-9(7-8-14)3-1-5-11(10)12/h1-6H,7-8,14H2. The summed E-state index contributed by atoms with van der Waals surface area (Å²) >= 11 is 0. The molecule has 2 rings (SSSR count). The van der Waals surface area contributed by atoms with Crippen LogP contribution in [-0.2, 0) is 6.42 Å². The third-order valence-electron chi connectivity index (χ3n) is 2.37. The lowest BCUT2D eigenvalue weighted by atomic mass is 10.0. The molecule has 2 heteroatoms. The van der Waals surface area contributed by atoms with E-state index in [1.54, 1.807) is 12.1 Å². The van der Waals surface area contributed by atoms with Crippen molar-refractivity contribution in [1.29, 1.82) is 0 Å². The van der Waals surface area contributed by atoms with Gasteiger partial charge in [0.1, 0.15) is 5.82 Å². The van der Waals surface area contributed by atoms with Crippen LogP contribution in [0.2, 0.25) is 0 Å². The van der Waals surface area contributed by atoms with Crippen LogP contribution in [0.3, 0.4) is 0 Å². The zero-order valence-corrected chi connectivity index (χ0v) is 7.83. The lowest BCUT2D eigenvalue weighted by Gasteiger charge is -2.05. The molecule has 0 heterocycles. The molecule has 0 aliphatic heterocycles. The van der Waals surface area contributed by atoms with Crippen LogP contribution in [0.25, 0.3) is 10.8 Å². The quantitative estimate of drug-likeness (QED) is 0.771. The summed E-state index contributed by atoms with van der Waals surface area (Å²) in [5, 5.41) is 1.65. The van der Waals surface area contributed by atoms with Crippen LogP contribution in [0.15, 0.2) is 36.4 Å². The summed E-state index contributed by atoms with van der Waals surface area (Å²) in [7, 11) is 0. The zero-order valence-electron chi connectivity index (χ0n) is 7.83. The summed E-state index contributed by atoms with van der Waals surface area (Å²) < 4.78 is 13.4. The molecule has 0 aliphatic rings. The predicted octanol–water partition coefficient (Wildman–Crippen LogP) is 2.48. The smallest absolute Gasteiger partial charge is 0.131 e. The van der Waals surface area contributed by atoms with Gasteiger partial charge in [0.2, 0.25) is 0 Å². The van der Waals surface area contributed by atoms with E-state index in [-0.39, 0.29) is 5.82 Å². The molecule has 0 aliphatic carbocycles. The van der Waals surface area contributed by atoms with E-state index in [1.165, 1.54) is 6.07 Å². The molecule has 0 unspecified atom stereocenters. The maximum atomic E-state index is 13.4. The lowest BCUT2D eigenvalue weighted by molar-refractivity contribution is 0.640. The van der Waals surface area contributed by atoms with Crippen LogP contribution in [0.5, 0.6) is 0 Å².